The van der Waals surface area contributed by atoms with E-state index in [1.165, 1.54) is 42.1 Å². The molecular formula is C18H28N2. The molecule has 1 aromatic carbocycles. The Hall–Kier alpha value is -1.28. The van der Waals surface area contributed by atoms with Gasteiger partial charge in [0.25, 0.3) is 0 Å². The van der Waals surface area contributed by atoms with Gasteiger partial charge in [-0.15, -0.1) is 0 Å². The monoisotopic (exact) mass is 272 g/mol. The van der Waals surface area contributed by atoms with Gasteiger partial charge in [0.2, 0.25) is 0 Å². The fourth-order valence-electron chi connectivity index (χ4n) is 2.72. The van der Waals surface area contributed by atoms with Crippen molar-refractivity contribution in [1.82, 2.24) is 9.88 Å². The third-order valence-corrected chi connectivity index (χ3v) is 3.94. The molecule has 0 atom stereocenters. The molecule has 0 aliphatic rings. The predicted octanol–water partition coefficient (Wildman–Crippen LogP) is 4.23. The van der Waals surface area contributed by atoms with E-state index >= 15 is 0 Å². The van der Waals surface area contributed by atoms with Crippen LogP contribution in [0.2, 0.25) is 0 Å². The Morgan fingerprint density at radius 2 is 1.95 bits per heavy atom. The second-order valence-electron chi connectivity index (χ2n) is 6.11. The van der Waals surface area contributed by atoms with E-state index in [9.17, 15) is 0 Å². The largest absolute Gasteiger partial charge is 0.347 e. The van der Waals surface area contributed by atoms with Crippen molar-refractivity contribution >= 4 is 10.9 Å². The highest BCUT2D eigenvalue weighted by molar-refractivity contribution is 5.83. The fraction of sp³-hybridized carbons (Fsp3) is 0.556. The Morgan fingerprint density at radius 1 is 1.15 bits per heavy atom. The predicted molar refractivity (Wildman–Crippen MR) is 88.3 cm³/mol. The Balaban J connectivity index is 2.13. The standard InChI is InChI=1S/C18H28N2/c1-15(2)11-13-20-14-16(8-6-7-12-19-3)17-9-4-5-10-18(17)20/h4-5,9-10,14-15,19H,6-8,11-13H2,1-3H3. The first kappa shape index (κ1) is 15.1. The van der Waals surface area contributed by atoms with Crippen molar-refractivity contribution in [1.29, 1.82) is 0 Å². The van der Waals surface area contributed by atoms with Crippen LogP contribution >= 0.6 is 0 Å². The van der Waals surface area contributed by atoms with E-state index in [0.29, 0.717) is 0 Å². The molecular weight excluding hydrogens is 244 g/mol. The average Bonchev–Trinajstić information content (AvgIpc) is 2.80. The van der Waals surface area contributed by atoms with Gasteiger partial charge in [0.15, 0.2) is 0 Å². The van der Waals surface area contributed by atoms with Gasteiger partial charge in [0, 0.05) is 23.6 Å². The van der Waals surface area contributed by atoms with E-state index in [1.54, 1.807) is 0 Å². The number of para-hydroxylation sites is 1. The van der Waals surface area contributed by atoms with Crippen LogP contribution in [0.5, 0.6) is 0 Å². The van der Waals surface area contributed by atoms with E-state index in [4.69, 9.17) is 0 Å². The van der Waals surface area contributed by atoms with Crippen LogP contribution in [-0.2, 0) is 13.0 Å². The molecule has 1 heterocycles. The molecule has 0 radical (unpaired) electrons. The van der Waals surface area contributed by atoms with Gasteiger partial charge < -0.3 is 9.88 Å². The number of benzene rings is 1. The van der Waals surface area contributed by atoms with Gasteiger partial charge in [-0.05, 0) is 56.8 Å². The summed E-state index contributed by atoms with van der Waals surface area (Å²) in [4.78, 5) is 0. The van der Waals surface area contributed by atoms with Gasteiger partial charge in [0.05, 0.1) is 0 Å². The van der Waals surface area contributed by atoms with Crippen molar-refractivity contribution in [2.24, 2.45) is 5.92 Å². The first-order valence-electron chi connectivity index (χ1n) is 7.93. The summed E-state index contributed by atoms with van der Waals surface area (Å²) in [7, 11) is 2.03. The summed E-state index contributed by atoms with van der Waals surface area (Å²) in [6, 6.07) is 8.84. The molecule has 0 aliphatic heterocycles. The molecule has 1 aromatic heterocycles. The molecule has 0 bridgehead atoms. The number of fused-ring (bicyclic) bond motifs is 1. The third-order valence-electron chi connectivity index (χ3n) is 3.94. The average molecular weight is 272 g/mol. The summed E-state index contributed by atoms with van der Waals surface area (Å²) in [5, 5.41) is 4.67. The first-order valence-corrected chi connectivity index (χ1v) is 7.93. The zero-order valence-electron chi connectivity index (χ0n) is 13.2. The van der Waals surface area contributed by atoms with Gasteiger partial charge >= 0.3 is 0 Å². The van der Waals surface area contributed by atoms with Gasteiger partial charge in [-0.2, -0.15) is 0 Å². The number of aryl methyl sites for hydroxylation is 2. The lowest BCUT2D eigenvalue weighted by Crippen LogP contribution is -2.07. The van der Waals surface area contributed by atoms with E-state index in [0.717, 1.165) is 19.0 Å². The molecule has 0 fully saturated rings. The lowest BCUT2D eigenvalue weighted by Gasteiger charge is -2.07. The van der Waals surface area contributed by atoms with Crippen molar-refractivity contribution in [3.63, 3.8) is 0 Å². The van der Waals surface area contributed by atoms with Crippen LogP contribution < -0.4 is 5.32 Å². The Morgan fingerprint density at radius 3 is 2.70 bits per heavy atom. The highest BCUT2D eigenvalue weighted by atomic mass is 15.0. The van der Waals surface area contributed by atoms with Crippen LogP contribution in [0.1, 0.15) is 38.7 Å². The maximum absolute atomic E-state index is 3.22. The van der Waals surface area contributed by atoms with Crippen molar-refractivity contribution in [3.05, 3.63) is 36.0 Å². The second-order valence-corrected chi connectivity index (χ2v) is 6.11. The van der Waals surface area contributed by atoms with Crippen LogP contribution in [-0.4, -0.2) is 18.2 Å². The molecule has 20 heavy (non-hydrogen) atoms. The number of hydrogen-bond acceptors (Lipinski definition) is 1. The molecule has 0 aliphatic carbocycles. The van der Waals surface area contributed by atoms with E-state index in [2.05, 4.69) is 54.2 Å². The molecule has 2 rings (SSSR count). The number of nitrogens with one attached hydrogen (secondary N) is 1. The molecule has 1 N–H and O–H groups in total. The fourth-order valence-corrected chi connectivity index (χ4v) is 2.72. The van der Waals surface area contributed by atoms with Gasteiger partial charge in [-0.25, -0.2) is 0 Å². The topological polar surface area (TPSA) is 17.0 Å². The highest BCUT2D eigenvalue weighted by Gasteiger charge is 2.08. The van der Waals surface area contributed by atoms with Crippen molar-refractivity contribution < 1.29 is 0 Å². The van der Waals surface area contributed by atoms with Gasteiger partial charge in [-0.1, -0.05) is 32.0 Å². The van der Waals surface area contributed by atoms with Crippen molar-refractivity contribution in [2.45, 2.75) is 46.1 Å². The maximum Gasteiger partial charge on any atom is 0.0483 e. The molecule has 0 unspecified atom stereocenters. The van der Waals surface area contributed by atoms with Gasteiger partial charge in [0.1, 0.15) is 0 Å². The summed E-state index contributed by atoms with van der Waals surface area (Å²) in [6.07, 6.45) is 7.34. The molecule has 0 amide bonds. The minimum Gasteiger partial charge on any atom is -0.347 e. The third kappa shape index (κ3) is 3.86. The summed E-state index contributed by atoms with van der Waals surface area (Å²) in [6.45, 7) is 6.84. The molecule has 2 aromatic rings. The number of hydrogen-bond donors (Lipinski definition) is 1. The van der Waals surface area contributed by atoms with E-state index in [-0.39, 0.29) is 0 Å². The maximum atomic E-state index is 3.22. The number of aromatic nitrogens is 1. The number of unbranched alkanes of at least 4 members (excludes halogenated alkanes) is 1. The summed E-state index contributed by atoms with van der Waals surface area (Å²) < 4.78 is 2.45. The molecule has 0 saturated heterocycles. The van der Waals surface area contributed by atoms with Crippen LogP contribution in [0.25, 0.3) is 10.9 Å². The number of rotatable bonds is 8. The quantitative estimate of drug-likeness (QED) is 0.712. The molecule has 0 spiro atoms. The Kier molecular flexibility index (Phi) is 5.66. The van der Waals surface area contributed by atoms with Crippen molar-refractivity contribution in [3.8, 4) is 0 Å². The molecule has 2 nitrogen and oxygen atoms in total. The normalized spacial score (nSPS) is 11.6. The zero-order valence-corrected chi connectivity index (χ0v) is 13.2. The molecule has 2 heteroatoms. The molecule has 0 saturated carbocycles. The highest BCUT2D eigenvalue weighted by Crippen LogP contribution is 2.23. The van der Waals surface area contributed by atoms with Crippen molar-refractivity contribution in [2.75, 3.05) is 13.6 Å². The Bertz CT molecular complexity index is 525. The zero-order chi connectivity index (χ0) is 14.4. The minimum atomic E-state index is 0.759. The second kappa shape index (κ2) is 7.49. The summed E-state index contributed by atoms with van der Waals surface area (Å²) >= 11 is 0. The summed E-state index contributed by atoms with van der Waals surface area (Å²) in [5.41, 5.74) is 2.91. The molecule has 110 valence electrons. The van der Waals surface area contributed by atoms with Crippen LogP contribution in [0.4, 0.5) is 0 Å². The minimum absolute atomic E-state index is 0.759. The smallest absolute Gasteiger partial charge is 0.0483 e. The lowest BCUT2D eigenvalue weighted by molar-refractivity contribution is 0.523. The lowest BCUT2D eigenvalue weighted by atomic mass is 10.1. The van der Waals surface area contributed by atoms with Gasteiger partial charge in [-0.3, -0.25) is 0 Å². The SMILES string of the molecule is CNCCCCc1cn(CCC(C)C)c2ccccc12. The Labute approximate surface area is 123 Å². The number of nitrogens with zero attached hydrogens (tertiary/aromatic N) is 1. The van der Waals surface area contributed by atoms with Crippen LogP contribution in [0.15, 0.2) is 30.5 Å². The van der Waals surface area contributed by atoms with E-state index in [1.807, 2.05) is 7.05 Å². The van der Waals surface area contributed by atoms with E-state index < -0.39 is 0 Å². The summed E-state index contributed by atoms with van der Waals surface area (Å²) in [5.74, 6) is 0.759. The van der Waals surface area contributed by atoms with Crippen LogP contribution in [0.3, 0.4) is 0 Å². The van der Waals surface area contributed by atoms with Crippen LogP contribution in [0, 0.1) is 5.92 Å². The first-order chi connectivity index (χ1) is 9.72.